The number of carbonyl (C=O) groups is 2. The Bertz CT molecular complexity index is 731. The Morgan fingerprint density at radius 3 is 2.30 bits per heavy atom. The van der Waals surface area contributed by atoms with E-state index in [0.29, 0.717) is 5.92 Å². The Balaban J connectivity index is 2.06. The molecule has 0 bridgehead atoms. The first-order valence-corrected chi connectivity index (χ1v) is 7.38. The van der Waals surface area contributed by atoms with Crippen molar-refractivity contribution in [1.29, 1.82) is 0 Å². The summed E-state index contributed by atoms with van der Waals surface area (Å²) in [5.74, 6) is -0.982. The molecule has 2 rings (SSSR count). The lowest BCUT2D eigenvalue weighted by Gasteiger charge is -2.06. The van der Waals surface area contributed by atoms with Crippen LogP contribution in [-0.2, 0) is 4.79 Å². The van der Waals surface area contributed by atoms with Crippen LogP contribution >= 0.6 is 0 Å². The standard InChI is InChI=1S/C19H19NO3/c1-13(2)15-10-7-14(8-11-15)9-12-18(21)20-17-6-4-3-5-16(17)19(22)23/h3-13H,1-2H3,(H,20,21)(H,22,23)/b12-9+. The van der Waals surface area contributed by atoms with Crippen LogP contribution in [0.2, 0.25) is 0 Å². The van der Waals surface area contributed by atoms with Gasteiger partial charge < -0.3 is 10.4 Å². The number of benzene rings is 2. The summed E-state index contributed by atoms with van der Waals surface area (Å²) >= 11 is 0. The quantitative estimate of drug-likeness (QED) is 0.815. The molecule has 1 amide bonds. The van der Waals surface area contributed by atoms with Gasteiger partial charge in [-0.15, -0.1) is 0 Å². The Hall–Kier alpha value is -2.88. The molecule has 0 radical (unpaired) electrons. The van der Waals surface area contributed by atoms with E-state index >= 15 is 0 Å². The van der Waals surface area contributed by atoms with E-state index in [9.17, 15) is 9.59 Å². The average Bonchev–Trinajstić information content (AvgIpc) is 2.53. The van der Waals surface area contributed by atoms with E-state index in [1.807, 2.05) is 24.3 Å². The molecule has 2 aromatic carbocycles. The highest BCUT2D eigenvalue weighted by Crippen LogP contribution is 2.16. The summed E-state index contributed by atoms with van der Waals surface area (Å²) in [4.78, 5) is 23.0. The van der Waals surface area contributed by atoms with Gasteiger partial charge in [0.05, 0.1) is 11.3 Å². The molecule has 0 saturated heterocycles. The minimum absolute atomic E-state index is 0.0653. The number of nitrogens with one attached hydrogen (secondary N) is 1. The van der Waals surface area contributed by atoms with Crippen molar-refractivity contribution in [1.82, 2.24) is 0 Å². The largest absolute Gasteiger partial charge is 0.478 e. The molecular weight excluding hydrogens is 290 g/mol. The Morgan fingerprint density at radius 1 is 1.04 bits per heavy atom. The Labute approximate surface area is 135 Å². The number of aromatic carboxylic acids is 1. The van der Waals surface area contributed by atoms with Gasteiger partial charge in [-0.2, -0.15) is 0 Å². The van der Waals surface area contributed by atoms with Crippen molar-refractivity contribution in [3.8, 4) is 0 Å². The van der Waals surface area contributed by atoms with Gasteiger partial charge in [-0.3, -0.25) is 4.79 Å². The number of para-hydroxylation sites is 1. The van der Waals surface area contributed by atoms with Gasteiger partial charge in [0, 0.05) is 6.08 Å². The second-order valence-corrected chi connectivity index (χ2v) is 5.49. The molecule has 0 fully saturated rings. The predicted octanol–water partition coefficient (Wildman–Crippen LogP) is 4.16. The summed E-state index contributed by atoms with van der Waals surface area (Å²) in [6.07, 6.45) is 3.09. The zero-order valence-electron chi connectivity index (χ0n) is 13.1. The molecule has 0 aromatic heterocycles. The number of amides is 1. The number of carboxylic acid groups (broad SMARTS) is 1. The summed E-state index contributed by atoms with van der Waals surface area (Å²) in [5.41, 5.74) is 2.50. The molecule has 4 heteroatoms. The van der Waals surface area contributed by atoms with E-state index < -0.39 is 5.97 Å². The van der Waals surface area contributed by atoms with Crippen LogP contribution in [0.5, 0.6) is 0 Å². The van der Waals surface area contributed by atoms with E-state index in [1.54, 1.807) is 24.3 Å². The summed E-state index contributed by atoms with van der Waals surface area (Å²) < 4.78 is 0. The minimum Gasteiger partial charge on any atom is -0.478 e. The van der Waals surface area contributed by atoms with Crippen LogP contribution in [0, 0.1) is 0 Å². The number of carbonyl (C=O) groups excluding carboxylic acids is 1. The normalized spacial score (nSPS) is 10.9. The van der Waals surface area contributed by atoms with Crippen LogP contribution in [0.4, 0.5) is 5.69 Å². The van der Waals surface area contributed by atoms with Crippen molar-refractivity contribution in [2.75, 3.05) is 5.32 Å². The molecule has 0 aliphatic heterocycles. The van der Waals surface area contributed by atoms with Crippen LogP contribution in [0.15, 0.2) is 54.6 Å². The Kier molecular flexibility index (Phi) is 5.31. The minimum atomic E-state index is -1.07. The third-order valence-corrected chi connectivity index (χ3v) is 3.45. The highest BCUT2D eigenvalue weighted by molar-refractivity contribution is 6.06. The van der Waals surface area contributed by atoms with E-state index in [-0.39, 0.29) is 17.2 Å². The van der Waals surface area contributed by atoms with Gasteiger partial charge in [0.1, 0.15) is 0 Å². The molecule has 0 heterocycles. The molecule has 0 unspecified atom stereocenters. The molecule has 0 atom stereocenters. The third kappa shape index (κ3) is 4.54. The molecule has 0 saturated carbocycles. The monoisotopic (exact) mass is 309 g/mol. The van der Waals surface area contributed by atoms with Crippen molar-refractivity contribution in [3.63, 3.8) is 0 Å². The molecular formula is C19H19NO3. The number of hydrogen-bond acceptors (Lipinski definition) is 2. The van der Waals surface area contributed by atoms with Crippen molar-refractivity contribution in [3.05, 3.63) is 71.3 Å². The fraction of sp³-hybridized carbons (Fsp3) is 0.158. The fourth-order valence-electron chi connectivity index (χ4n) is 2.12. The molecule has 0 aliphatic carbocycles. The fourth-order valence-corrected chi connectivity index (χ4v) is 2.12. The number of rotatable bonds is 5. The number of carboxylic acids is 1. The molecule has 2 N–H and O–H groups in total. The number of hydrogen-bond donors (Lipinski definition) is 2. The van der Waals surface area contributed by atoms with Gasteiger partial charge in [0.15, 0.2) is 0 Å². The highest BCUT2D eigenvalue weighted by Gasteiger charge is 2.10. The van der Waals surface area contributed by atoms with E-state index in [1.165, 1.54) is 17.7 Å². The summed E-state index contributed by atoms with van der Waals surface area (Å²) in [6, 6.07) is 14.3. The van der Waals surface area contributed by atoms with Gasteiger partial charge in [-0.05, 0) is 35.3 Å². The maximum atomic E-state index is 11.9. The lowest BCUT2D eigenvalue weighted by Crippen LogP contribution is -2.11. The van der Waals surface area contributed by atoms with Crippen molar-refractivity contribution in [2.24, 2.45) is 0 Å². The highest BCUT2D eigenvalue weighted by atomic mass is 16.4. The molecule has 23 heavy (non-hydrogen) atoms. The lowest BCUT2D eigenvalue weighted by atomic mass is 10.0. The zero-order chi connectivity index (χ0) is 16.8. The van der Waals surface area contributed by atoms with Crippen LogP contribution in [0.25, 0.3) is 6.08 Å². The number of anilines is 1. The lowest BCUT2D eigenvalue weighted by molar-refractivity contribution is -0.111. The van der Waals surface area contributed by atoms with Gasteiger partial charge in [-0.1, -0.05) is 50.2 Å². The maximum absolute atomic E-state index is 11.9. The molecule has 0 spiro atoms. The molecule has 118 valence electrons. The van der Waals surface area contributed by atoms with E-state index in [2.05, 4.69) is 19.2 Å². The Morgan fingerprint density at radius 2 is 1.70 bits per heavy atom. The topological polar surface area (TPSA) is 66.4 Å². The van der Waals surface area contributed by atoms with Crippen LogP contribution in [0.1, 0.15) is 41.3 Å². The van der Waals surface area contributed by atoms with Gasteiger partial charge in [0.25, 0.3) is 0 Å². The smallest absolute Gasteiger partial charge is 0.337 e. The molecule has 0 aliphatic rings. The molecule has 4 nitrogen and oxygen atoms in total. The summed E-state index contributed by atoms with van der Waals surface area (Å²) in [7, 11) is 0. The average molecular weight is 309 g/mol. The van der Waals surface area contributed by atoms with Gasteiger partial charge in [-0.25, -0.2) is 4.79 Å². The zero-order valence-corrected chi connectivity index (χ0v) is 13.1. The van der Waals surface area contributed by atoms with Crippen molar-refractivity contribution in [2.45, 2.75) is 19.8 Å². The second-order valence-electron chi connectivity index (χ2n) is 5.49. The first kappa shape index (κ1) is 16.5. The summed E-state index contributed by atoms with van der Waals surface area (Å²) in [6.45, 7) is 4.25. The van der Waals surface area contributed by atoms with E-state index in [4.69, 9.17) is 5.11 Å². The van der Waals surface area contributed by atoms with Crippen LogP contribution in [-0.4, -0.2) is 17.0 Å². The first-order valence-electron chi connectivity index (χ1n) is 7.38. The van der Waals surface area contributed by atoms with Gasteiger partial charge >= 0.3 is 5.97 Å². The second kappa shape index (κ2) is 7.40. The summed E-state index contributed by atoms with van der Waals surface area (Å²) in [5, 5.41) is 11.7. The van der Waals surface area contributed by atoms with E-state index in [0.717, 1.165) is 5.56 Å². The SMILES string of the molecule is CC(C)c1ccc(/C=C/C(=O)Nc2ccccc2C(=O)O)cc1. The van der Waals surface area contributed by atoms with Crippen molar-refractivity contribution < 1.29 is 14.7 Å². The first-order chi connectivity index (χ1) is 11.0. The van der Waals surface area contributed by atoms with Crippen LogP contribution < -0.4 is 5.32 Å². The molecule has 2 aromatic rings. The predicted molar refractivity (Wildman–Crippen MR) is 91.6 cm³/mol. The maximum Gasteiger partial charge on any atom is 0.337 e. The van der Waals surface area contributed by atoms with Crippen LogP contribution in [0.3, 0.4) is 0 Å². The van der Waals surface area contributed by atoms with Crippen molar-refractivity contribution >= 4 is 23.6 Å². The van der Waals surface area contributed by atoms with Gasteiger partial charge in [0.2, 0.25) is 5.91 Å². The third-order valence-electron chi connectivity index (χ3n) is 3.45.